The van der Waals surface area contributed by atoms with Crippen LogP contribution >= 0.6 is 0 Å². The number of carbonyl (C=O) groups excluding carboxylic acids is 3. The minimum atomic E-state index is -3.52. The molecule has 258 valence electrons. The fourth-order valence-corrected chi connectivity index (χ4v) is 11.2. The number of halogens is 1. The van der Waals surface area contributed by atoms with Crippen molar-refractivity contribution in [3.8, 4) is 5.75 Å². The molecular weight excluding hydrogens is 642 g/mol. The molecule has 0 unspecified atom stereocenters. The molecule has 0 saturated carbocycles. The lowest BCUT2D eigenvalue weighted by Gasteiger charge is -2.37. The van der Waals surface area contributed by atoms with E-state index in [0.29, 0.717) is 42.9 Å². The summed E-state index contributed by atoms with van der Waals surface area (Å²) in [6.07, 6.45) is 0.978. The monoisotopic (exact) mass is 685 g/mol. The van der Waals surface area contributed by atoms with E-state index >= 15 is 4.11 Å². The zero-order valence-electron chi connectivity index (χ0n) is 28.5. The summed E-state index contributed by atoms with van der Waals surface area (Å²) in [7, 11) is -1.96. The van der Waals surface area contributed by atoms with Gasteiger partial charge in [-0.1, -0.05) is 43.3 Å². The number of carbonyl (C=O) groups is 3. The van der Waals surface area contributed by atoms with Crippen molar-refractivity contribution in [1.82, 2.24) is 4.90 Å². The molecular formula is C38H44FN3O6Si. The zero-order valence-corrected chi connectivity index (χ0v) is 29.5. The summed E-state index contributed by atoms with van der Waals surface area (Å²) in [5.41, 5.74) is 2.94. The van der Waals surface area contributed by atoms with Crippen molar-refractivity contribution in [2.24, 2.45) is 5.92 Å². The molecule has 0 aromatic heterocycles. The number of anilines is 2. The Morgan fingerprint density at radius 2 is 1.82 bits per heavy atom. The molecule has 3 aromatic rings. The number of fused-ring (bicyclic) bond motifs is 3. The van der Waals surface area contributed by atoms with E-state index in [1.54, 1.807) is 41.0 Å². The molecule has 3 amide bonds. The van der Waals surface area contributed by atoms with Crippen LogP contribution in [-0.2, 0) is 44.2 Å². The van der Waals surface area contributed by atoms with Gasteiger partial charge < -0.3 is 33.4 Å². The Kier molecular flexibility index (Phi) is 8.65. The van der Waals surface area contributed by atoms with Crippen molar-refractivity contribution in [2.45, 2.75) is 82.1 Å². The van der Waals surface area contributed by atoms with Crippen molar-refractivity contribution in [2.75, 3.05) is 30.1 Å². The van der Waals surface area contributed by atoms with Gasteiger partial charge in [-0.3, -0.25) is 14.4 Å². The third-order valence-corrected chi connectivity index (χ3v) is 13.5. The highest BCUT2D eigenvalue weighted by Gasteiger charge is 2.67. The fraction of sp³-hybridized carbons (Fsp3) is 0.447. The third kappa shape index (κ3) is 5.65. The molecule has 49 heavy (non-hydrogen) atoms. The predicted molar refractivity (Wildman–Crippen MR) is 186 cm³/mol. The maximum absolute atomic E-state index is 16.5. The van der Waals surface area contributed by atoms with Crippen LogP contribution < -0.4 is 14.5 Å². The average Bonchev–Trinajstić information content (AvgIpc) is 3.72. The molecule has 1 spiro atoms. The van der Waals surface area contributed by atoms with Crippen molar-refractivity contribution in [3.63, 3.8) is 0 Å². The van der Waals surface area contributed by atoms with Gasteiger partial charge in [0.25, 0.3) is 5.91 Å². The topological polar surface area (TPSA) is 99.6 Å². The van der Waals surface area contributed by atoms with Crippen LogP contribution in [0.2, 0.25) is 18.6 Å². The van der Waals surface area contributed by atoms with Gasteiger partial charge in [-0.05, 0) is 73.0 Å². The maximum atomic E-state index is 16.5. The number of aliphatic hydroxyl groups is 1. The molecule has 9 nitrogen and oxygen atoms in total. The number of benzene rings is 3. The Hall–Kier alpha value is -4.06. The highest BCUT2D eigenvalue weighted by atomic mass is 28.4. The molecule has 4 aliphatic heterocycles. The summed E-state index contributed by atoms with van der Waals surface area (Å²) in [5.74, 6) is -0.428. The summed E-state index contributed by atoms with van der Waals surface area (Å²) >= 11 is 0. The Balaban J connectivity index is 1.21. The van der Waals surface area contributed by atoms with Gasteiger partial charge in [0.2, 0.25) is 20.2 Å². The minimum Gasteiger partial charge on any atom is -0.497 e. The lowest BCUT2D eigenvalue weighted by molar-refractivity contribution is -0.151. The molecule has 11 heteroatoms. The summed E-state index contributed by atoms with van der Waals surface area (Å²) < 4.78 is 28.9. The second-order valence-corrected chi connectivity index (χ2v) is 18.2. The molecule has 1 N–H and O–H groups in total. The molecule has 4 heterocycles. The zero-order chi connectivity index (χ0) is 34.7. The van der Waals surface area contributed by atoms with Crippen LogP contribution in [0.15, 0.2) is 66.7 Å². The number of aliphatic hydroxyl groups excluding tert-OH is 1. The van der Waals surface area contributed by atoms with Crippen LogP contribution in [-0.4, -0.2) is 68.5 Å². The number of nitrogens with zero attached hydrogens (tertiary/aromatic N) is 3. The number of hydrogen-bond donors (Lipinski definition) is 1. The Labute approximate surface area is 287 Å². The van der Waals surface area contributed by atoms with Crippen LogP contribution in [0.4, 0.5) is 15.5 Å². The van der Waals surface area contributed by atoms with E-state index in [4.69, 9.17) is 9.47 Å². The van der Waals surface area contributed by atoms with Gasteiger partial charge in [0.15, 0.2) is 5.60 Å². The normalized spacial score (nSPS) is 26.4. The molecule has 4 aliphatic rings. The van der Waals surface area contributed by atoms with Gasteiger partial charge in [0.1, 0.15) is 5.75 Å². The third-order valence-electron chi connectivity index (χ3n) is 11.1. The molecule has 2 fully saturated rings. The molecule has 2 saturated heterocycles. The number of hydrogen-bond acceptors (Lipinski definition) is 6. The van der Waals surface area contributed by atoms with Crippen LogP contribution in [0.25, 0.3) is 0 Å². The second kappa shape index (κ2) is 12.7. The van der Waals surface area contributed by atoms with E-state index in [0.717, 1.165) is 28.8 Å². The molecule has 0 radical (unpaired) electrons. The first kappa shape index (κ1) is 33.4. The quantitative estimate of drug-likeness (QED) is 0.249. The number of ether oxygens (including phenoxy) is 2. The predicted octanol–water partition coefficient (Wildman–Crippen LogP) is 5.48. The molecule has 0 aliphatic carbocycles. The first-order valence-electron chi connectivity index (χ1n) is 17.2. The van der Waals surface area contributed by atoms with Gasteiger partial charge in [0.05, 0.1) is 44.5 Å². The minimum absolute atomic E-state index is 0.0982. The van der Waals surface area contributed by atoms with E-state index < -0.39 is 37.6 Å². The van der Waals surface area contributed by atoms with Crippen molar-refractivity contribution in [1.29, 1.82) is 0 Å². The molecule has 0 bridgehead atoms. The Morgan fingerprint density at radius 1 is 1.08 bits per heavy atom. The van der Waals surface area contributed by atoms with E-state index in [1.807, 2.05) is 67.6 Å². The SMILES string of the molecule is COc1ccc2c(c1)[C@@]1(O[C@H](CC(=O)N3Cc4ccccc4C[C@H]3CO)[C@@H]([Si](C)(C)F)[C@@H]1C)C(=O)N2Cc1ccc(N2CCCC2=O)cc1. The standard InChI is InChI=1S/C38H44FN3O6Si/c1-24-36(49(3,4)39)33(20-35(45)41-22-27-9-6-5-8-26(27)18-29(41)23-43)48-38(24)31-19-30(47-2)15-16-32(31)42(37(38)46)21-25-11-13-28(14-12-25)40-17-7-10-34(40)44/h5-6,8-9,11-16,19,24,29,33,36,43H,7,10,17-18,20-23H2,1-4H3/t24-,29-,33+,36-,38+/m0/s1. The molecule has 7 rings (SSSR count). The summed E-state index contributed by atoms with van der Waals surface area (Å²) in [6.45, 7) is 6.24. The van der Waals surface area contributed by atoms with E-state index in [2.05, 4.69) is 0 Å². The van der Waals surface area contributed by atoms with Crippen molar-refractivity contribution in [3.05, 3.63) is 89.0 Å². The summed E-state index contributed by atoms with van der Waals surface area (Å²) in [6, 6.07) is 20.6. The summed E-state index contributed by atoms with van der Waals surface area (Å²) in [5, 5.41) is 10.3. The molecule has 5 atom stereocenters. The molecule has 3 aromatic carbocycles. The number of rotatable bonds is 8. The lowest BCUT2D eigenvalue weighted by Crippen LogP contribution is -2.48. The first-order valence-corrected chi connectivity index (χ1v) is 20.2. The van der Waals surface area contributed by atoms with E-state index in [9.17, 15) is 19.5 Å². The summed E-state index contributed by atoms with van der Waals surface area (Å²) in [4.78, 5) is 46.4. The van der Waals surface area contributed by atoms with Crippen molar-refractivity contribution < 1.29 is 33.1 Å². The van der Waals surface area contributed by atoms with Gasteiger partial charge in [-0.15, -0.1) is 0 Å². The average molecular weight is 686 g/mol. The number of methoxy groups -OCH3 is 1. The fourth-order valence-electron chi connectivity index (χ4n) is 8.73. The highest BCUT2D eigenvalue weighted by molar-refractivity contribution is 6.72. The van der Waals surface area contributed by atoms with Gasteiger partial charge >= 0.3 is 0 Å². The first-order chi connectivity index (χ1) is 23.5. The van der Waals surface area contributed by atoms with Crippen LogP contribution in [0.3, 0.4) is 0 Å². The van der Waals surface area contributed by atoms with Crippen LogP contribution in [0.5, 0.6) is 5.75 Å². The van der Waals surface area contributed by atoms with Crippen LogP contribution in [0.1, 0.15) is 48.4 Å². The van der Waals surface area contributed by atoms with Gasteiger partial charge in [-0.2, -0.15) is 0 Å². The van der Waals surface area contributed by atoms with Crippen LogP contribution in [0, 0.1) is 5.92 Å². The number of amides is 3. The Morgan fingerprint density at radius 3 is 2.47 bits per heavy atom. The van der Waals surface area contributed by atoms with Gasteiger partial charge in [-0.25, -0.2) is 0 Å². The second-order valence-electron chi connectivity index (χ2n) is 14.4. The largest absolute Gasteiger partial charge is 0.497 e. The lowest BCUT2D eigenvalue weighted by atomic mass is 9.82. The Bertz CT molecular complexity index is 1780. The van der Waals surface area contributed by atoms with Crippen molar-refractivity contribution >= 4 is 37.5 Å². The maximum Gasteiger partial charge on any atom is 0.264 e. The highest BCUT2D eigenvalue weighted by Crippen LogP contribution is 2.60. The van der Waals surface area contributed by atoms with E-state index in [-0.39, 0.29) is 37.3 Å². The van der Waals surface area contributed by atoms with E-state index in [1.165, 1.54) is 0 Å². The smallest absolute Gasteiger partial charge is 0.264 e. The van der Waals surface area contributed by atoms with Gasteiger partial charge in [0, 0.05) is 42.2 Å².